The van der Waals surface area contributed by atoms with Crippen molar-refractivity contribution < 1.29 is 0 Å². The van der Waals surface area contributed by atoms with Crippen molar-refractivity contribution >= 4 is 0 Å². The van der Waals surface area contributed by atoms with E-state index in [0.29, 0.717) is 6.54 Å². The van der Waals surface area contributed by atoms with Crippen LogP contribution in [0.5, 0.6) is 0 Å². The Morgan fingerprint density at radius 1 is 1.24 bits per heavy atom. The minimum absolute atomic E-state index is 0.642. The maximum Gasteiger partial charge on any atom is 0.181 e. The summed E-state index contributed by atoms with van der Waals surface area (Å²) in [6.07, 6.45) is 2.86. The highest BCUT2D eigenvalue weighted by atomic mass is 15.2. The van der Waals surface area contributed by atoms with Crippen LogP contribution in [0.25, 0.3) is 11.4 Å². The highest BCUT2D eigenvalue weighted by molar-refractivity contribution is 5.59. The van der Waals surface area contributed by atoms with Gasteiger partial charge in [0.2, 0.25) is 0 Å². The Labute approximate surface area is 101 Å². The largest absolute Gasteiger partial charge is 0.330 e. The topological polar surface area (TPSA) is 67.6 Å². The van der Waals surface area contributed by atoms with Crippen LogP contribution in [0, 0.1) is 0 Å². The number of hydrogen-bond donors (Lipinski definition) is 2. The van der Waals surface area contributed by atoms with E-state index in [0.717, 1.165) is 36.5 Å². The van der Waals surface area contributed by atoms with Gasteiger partial charge in [0.15, 0.2) is 5.82 Å². The number of aryl methyl sites for hydroxylation is 1. The van der Waals surface area contributed by atoms with Crippen LogP contribution in [0.1, 0.15) is 24.7 Å². The predicted molar refractivity (Wildman–Crippen MR) is 68.6 cm³/mol. The first-order valence-electron chi connectivity index (χ1n) is 6.04. The van der Waals surface area contributed by atoms with Crippen LogP contribution in [0.15, 0.2) is 24.3 Å². The standard InChI is InChI=1S/C13H18N4/c1-2-5-12-15-13(17-16-12)11-7-4-3-6-10(11)8-9-14/h3-4,6-7H,2,5,8-9,14H2,1H3,(H,15,16,17). The highest BCUT2D eigenvalue weighted by Gasteiger charge is 2.09. The number of nitrogens with one attached hydrogen (secondary N) is 1. The Hall–Kier alpha value is -1.68. The Kier molecular flexibility index (Phi) is 3.88. The van der Waals surface area contributed by atoms with Crippen LogP contribution in [0.2, 0.25) is 0 Å². The van der Waals surface area contributed by atoms with E-state index in [9.17, 15) is 0 Å². The molecule has 0 saturated heterocycles. The molecule has 0 atom stereocenters. The van der Waals surface area contributed by atoms with Gasteiger partial charge in [0.25, 0.3) is 0 Å². The molecule has 90 valence electrons. The lowest BCUT2D eigenvalue weighted by atomic mass is 10.0. The van der Waals surface area contributed by atoms with E-state index in [2.05, 4.69) is 28.2 Å². The van der Waals surface area contributed by atoms with Gasteiger partial charge in [0, 0.05) is 12.0 Å². The maximum atomic E-state index is 5.61. The molecule has 17 heavy (non-hydrogen) atoms. The number of benzene rings is 1. The first-order valence-corrected chi connectivity index (χ1v) is 6.04. The number of H-pyrrole nitrogens is 1. The van der Waals surface area contributed by atoms with Crippen molar-refractivity contribution in [3.63, 3.8) is 0 Å². The SMILES string of the molecule is CCCc1nc(-c2ccccc2CCN)n[nH]1. The fourth-order valence-corrected chi connectivity index (χ4v) is 1.88. The van der Waals surface area contributed by atoms with Crippen LogP contribution in [0.3, 0.4) is 0 Å². The summed E-state index contributed by atoms with van der Waals surface area (Å²) in [7, 11) is 0. The lowest BCUT2D eigenvalue weighted by molar-refractivity contribution is 0.841. The van der Waals surface area contributed by atoms with Gasteiger partial charge in [-0.2, -0.15) is 5.10 Å². The average molecular weight is 230 g/mol. The third kappa shape index (κ3) is 2.71. The summed E-state index contributed by atoms with van der Waals surface area (Å²) < 4.78 is 0. The van der Waals surface area contributed by atoms with Gasteiger partial charge in [-0.15, -0.1) is 0 Å². The second kappa shape index (κ2) is 5.59. The van der Waals surface area contributed by atoms with Crippen molar-refractivity contribution in [3.05, 3.63) is 35.7 Å². The van der Waals surface area contributed by atoms with Gasteiger partial charge in [0.05, 0.1) is 0 Å². The molecule has 0 bridgehead atoms. The van der Waals surface area contributed by atoms with Gasteiger partial charge < -0.3 is 5.73 Å². The van der Waals surface area contributed by atoms with Crippen LogP contribution < -0.4 is 5.73 Å². The van der Waals surface area contributed by atoms with Crippen molar-refractivity contribution in [2.75, 3.05) is 6.54 Å². The second-order valence-electron chi connectivity index (χ2n) is 4.05. The molecule has 1 aromatic heterocycles. The molecule has 1 heterocycles. The predicted octanol–water partition coefficient (Wildman–Crippen LogP) is 1.93. The molecule has 0 unspecified atom stereocenters. The molecule has 0 fully saturated rings. The van der Waals surface area contributed by atoms with Gasteiger partial charge in [-0.25, -0.2) is 4.98 Å². The Morgan fingerprint density at radius 2 is 2.06 bits per heavy atom. The van der Waals surface area contributed by atoms with Gasteiger partial charge in [-0.3, -0.25) is 5.10 Å². The van der Waals surface area contributed by atoms with Crippen molar-refractivity contribution in [1.82, 2.24) is 15.2 Å². The van der Waals surface area contributed by atoms with E-state index in [-0.39, 0.29) is 0 Å². The van der Waals surface area contributed by atoms with Gasteiger partial charge >= 0.3 is 0 Å². The van der Waals surface area contributed by atoms with E-state index in [1.165, 1.54) is 5.56 Å². The van der Waals surface area contributed by atoms with Crippen molar-refractivity contribution in [3.8, 4) is 11.4 Å². The molecule has 2 rings (SSSR count). The normalized spacial score (nSPS) is 10.7. The van der Waals surface area contributed by atoms with Crippen LogP contribution in [0.4, 0.5) is 0 Å². The van der Waals surface area contributed by atoms with Crippen molar-refractivity contribution in [1.29, 1.82) is 0 Å². The Bertz CT molecular complexity index is 476. The molecule has 0 aliphatic heterocycles. The molecule has 0 amide bonds. The zero-order valence-corrected chi connectivity index (χ0v) is 10.1. The van der Waals surface area contributed by atoms with E-state index in [1.807, 2.05) is 18.2 Å². The van der Waals surface area contributed by atoms with Crippen LogP contribution in [-0.2, 0) is 12.8 Å². The summed E-state index contributed by atoms with van der Waals surface area (Å²) in [6, 6.07) is 8.15. The van der Waals surface area contributed by atoms with E-state index in [1.54, 1.807) is 0 Å². The number of aromatic amines is 1. The molecule has 2 aromatic rings. The maximum absolute atomic E-state index is 5.61. The molecular formula is C13H18N4. The number of rotatable bonds is 5. The van der Waals surface area contributed by atoms with Gasteiger partial charge in [-0.1, -0.05) is 31.2 Å². The Balaban J connectivity index is 2.31. The van der Waals surface area contributed by atoms with Crippen molar-refractivity contribution in [2.24, 2.45) is 5.73 Å². The van der Waals surface area contributed by atoms with Gasteiger partial charge in [0.1, 0.15) is 5.82 Å². The monoisotopic (exact) mass is 230 g/mol. The number of aromatic nitrogens is 3. The third-order valence-corrected chi connectivity index (χ3v) is 2.69. The number of hydrogen-bond acceptors (Lipinski definition) is 3. The lowest BCUT2D eigenvalue weighted by Gasteiger charge is -2.04. The molecule has 0 spiro atoms. The molecule has 1 aromatic carbocycles. The van der Waals surface area contributed by atoms with E-state index in [4.69, 9.17) is 5.73 Å². The Morgan fingerprint density at radius 3 is 2.82 bits per heavy atom. The highest BCUT2D eigenvalue weighted by Crippen LogP contribution is 2.20. The molecule has 4 heteroatoms. The molecule has 0 aliphatic carbocycles. The van der Waals surface area contributed by atoms with Crippen LogP contribution >= 0.6 is 0 Å². The van der Waals surface area contributed by atoms with Gasteiger partial charge in [-0.05, 0) is 24.9 Å². The molecule has 4 nitrogen and oxygen atoms in total. The summed E-state index contributed by atoms with van der Waals surface area (Å²) in [5, 5.41) is 7.25. The zero-order chi connectivity index (χ0) is 12.1. The third-order valence-electron chi connectivity index (χ3n) is 2.69. The van der Waals surface area contributed by atoms with Crippen molar-refractivity contribution in [2.45, 2.75) is 26.2 Å². The molecule has 3 N–H and O–H groups in total. The molecule has 0 aliphatic rings. The smallest absolute Gasteiger partial charge is 0.181 e. The summed E-state index contributed by atoms with van der Waals surface area (Å²) in [4.78, 5) is 4.51. The summed E-state index contributed by atoms with van der Waals surface area (Å²) in [6.45, 7) is 2.77. The quantitative estimate of drug-likeness (QED) is 0.824. The molecule has 0 saturated carbocycles. The molecular weight excluding hydrogens is 212 g/mol. The number of nitrogens with two attached hydrogens (primary N) is 1. The fraction of sp³-hybridized carbons (Fsp3) is 0.385. The fourth-order valence-electron chi connectivity index (χ4n) is 1.88. The average Bonchev–Trinajstić information content (AvgIpc) is 2.79. The first kappa shape index (κ1) is 11.8. The lowest BCUT2D eigenvalue weighted by Crippen LogP contribution is -2.04. The van der Waals surface area contributed by atoms with E-state index >= 15 is 0 Å². The van der Waals surface area contributed by atoms with E-state index < -0.39 is 0 Å². The minimum atomic E-state index is 0.642. The summed E-state index contributed by atoms with van der Waals surface area (Å²) in [5.41, 5.74) is 7.90. The molecule has 0 radical (unpaired) electrons. The first-order chi connectivity index (χ1) is 8.35. The summed E-state index contributed by atoms with van der Waals surface area (Å²) in [5.74, 6) is 1.72. The zero-order valence-electron chi connectivity index (χ0n) is 10.1. The summed E-state index contributed by atoms with van der Waals surface area (Å²) >= 11 is 0. The minimum Gasteiger partial charge on any atom is -0.330 e. The number of nitrogens with zero attached hydrogens (tertiary/aromatic N) is 2. The van der Waals surface area contributed by atoms with Crippen LogP contribution in [-0.4, -0.2) is 21.7 Å². The second-order valence-corrected chi connectivity index (χ2v) is 4.05.